The van der Waals surface area contributed by atoms with Crippen LogP contribution in [0.2, 0.25) is 0 Å². The van der Waals surface area contributed by atoms with Crippen LogP contribution in [0.4, 0.5) is 5.69 Å². The first kappa shape index (κ1) is 19.2. The van der Waals surface area contributed by atoms with Gasteiger partial charge < -0.3 is 19.2 Å². The number of nitrogens with one attached hydrogen (secondary N) is 1. The van der Waals surface area contributed by atoms with Gasteiger partial charge in [-0.1, -0.05) is 0 Å². The van der Waals surface area contributed by atoms with Crippen LogP contribution >= 0.6 is 11.3 Å². The summed E-state index contributed by atoms with van der Waals surface area (Å²) in [5.41, 5.74) is -0.0414. The first-order chi connectivity index (χ1) is 15.1. The molecule has 0 spiro atoms. The lowest BCUT2D eigenvalue weighted by molar-refractivity contribution is -0.116. The molecule has 10 heteroatoms. The van der Waals surface area contributed by atoms with Gasteiger partial charge in [0.15, 0.2) is 11.5 Å². The number of hydrogen-bond donors (Lipinski definition) is 1. The maximum atomic E-state index is 13.1. The average Bonchev–Trinajstić information content (AvgIpc) is 3.46. The maximum absolute atomic E-state index is 13.1. The Balaban J connectivity index is 1.46. The fourth-order valence-electron chi connectivity index (χ4n) is 3.45. The molecule has 0 fully saturated rings. The Morgan fingerprint density at radius 2 is 1.90 bits per heavy atom. The summed E-state index contributed by atoms with van der Waals surface area (Å²) in [6, 6.07) is 10.1. The zero-order chi connectivity index (χ0) is 21.4. The number of benzene rings is 1. The zero-order valence-corrected chi connectivity index (χ0v) is 17.0. The molecule has 0 atom stereocenters. The molecule has 0 saturated heterocycles. The van der Waals surface area contributed by atoms with Crippen LogP contribution < -0.4 is 26.0 Å². The molecule has 1 N–H and O–H groups in total. The predicted octanol–water partition coefficient (Wildman–Crippen LogP) is 2.28. The van der Waals surface area contributed by atoms with Crippen molar-refractivity contribution in [2.24, 2.45) is 0 Å². The molecule has 0 unspecified atom stereocenters. The highest BCUT2D eigenvalue weighted by Crippen LogP contribution is 2.32. The molecule has 1 aromatic carbocycles. The van der Waals surface area contributed by atoms with E-state index in [1.165, 1.54) is 22.2 Å². The predicted molar refractivity (Wildman–Crippen MR) is 114 cm³/mol. The molecule has 1 aliphatic rings. The van der Waals surface area contributed by atoms with Crippen LogP contribution in [-0.2, 0) is 17.9 Å². The fraction of sp³-hybridized carbons (Fsp3) is 0.190. The second kappa shape index (κ2) is 7.80. The van der Waals surface area contributed by atoms with Crippen molar-refractivity contribution in [2.75, 3.05) is 18.5 Å². The molecule has 9 nitrogen and oxygen atoms in total. The van der Waals surface area contributed by atoms with Crippen LogP contribution in [0.3, 0.4) is 0 Å². The largest absolute Gasteiger partial charge is 0.486 e. The van der Waals surface area contributed by atoms with Crippen molar-refractivity contribution < 1.29 is 18.7 Å². The zero-order valence-electron chi connectivity index (χ0n) is 16.2. The Hall–Kier alpha value is -3.79. The molecule has 31 heavy (non-hydrogen) atoms. The minimum absolute atomic E-state index is 0.0116. The molecule has 0 radical (unpaired) electrons. The molecule has 3 aromatic heterocycles. The van der Waals surface area contributed by atoms with Crippen LogP contribution in [0.5, 0.6) is 11.5 Å². The second-order valence-corrected chi connectivity index (χ2v) is 7.80. The number of aromatic nitrogens is 2. The van der Waals surface area contributed by atoms with Crippen molar-refractivity contribution in [2.45, 2.75) is 13.1 Å². The van der Waals surface area contributed by atoms with Crippen molar-refractivity contribution in [3.8, 4) is 11.5 Å². The number of fused-ring (bicyclic) bond motifs is 2. The monoisotopic (exact) mass is 439 g/mol. The van der Waals surface area contributed by atoms with Crippen LogP contribution in [0.15, 0.2) is 62.0 Å². The summed E-state index contributed by atoms with van der Waals surface area (Å²) in [6.07, 6.45) is 1.48. The molecule has 4 aromatic rings. The Bertz CT molecular complexity index is 1380. The summed E-state index contributed by atoms with van der Waals surface area (Å²) >= 11 is 1.22. The van der Waals surface area contributed by atoms with Gasteiger partial charge in [-0.15, -0.1) is 11.3 Å². The quantitative estimate of drug-likeness (QED) is 0.512. The van der Waals surface area contributed by atoms with Gasteiger partial charge in [0.1, 0.15) is 30.2 Å². The van der Waals surface area contributed by atoms with E-state index in [1.807, 2.05) is 0 Å². The Kier molecular flexibility index (Phi) is 4.83. The van der Waals surface area contributed by atoms with E-state index >= 15 is 0 Å². The first-order valence-corrected chi connectivity index (χ1v) is 10.4. The number of thiophene rings is 1. The van der Waals surface area contributed by atoms with Gasteiger partial charge in [-0.2, -0.15) is 0 Å². The topological polar surface area (TPSA) is 105 Å². The third-order valence-electron chi connectivity index (χ3n) is 4.86. The van der Waals surface area contributed by atoms with Crippen LogP contribution in [0.1, 0.15) is 5.76 Å². The number of furan rings is 1. The highest BCUT2D eigenvalue weighted by atomic mass is 32.1. The van der Waals surface area contributed by atoms with Gasteiger partial charge in [0.25, 0.3) is 5.56 Å². The van der Waals surface area contributed by atoms with Gasteiger partial charge in [0.05, 0.1) is 18.3 Å². The molecule has 0 saturated carbocycles. The van der Waals surface area contributed by atoms with Gasteiger partial charge in [0.2, 0.25) is 5.91 Å². The van der Waals surface area contributed by atoms with Crippen molar-refractivity contribution in [3.05, 3.63) is 74.6 Å². The maximum Gasteiger partial charge on any atom is 0.332 e. The first-order valence-electron chi connectivity index (χ1n) is 9.53. The number of ether oxygens (including phenoxy) is 2. The van der Waals surface area contributed by atoms with Crippen molar-refractivity contribution in [3.63, 3.8) is 0 Å². The molecular weight excluding hydrogens is 422 g/mol. The van der Waals surface area contributed by atoms with Crippen molar-refractivity contribution in [1.29, 1.82) is 0 Å². The second-order valence-electron chi connectivity index (χ2n) is 6.88. The van der Waals surface area contributed by atoms with E-state index in [2.05, 4.69) is 5.32 Å². The minimum Gasteiger partial charge on any atom is -0.486 e. The van der Waals surface area contributed by atoms with E-state index in [4.69, 9.17) is 13.9 Å². The van der Waals surface area contributed by atoms with Crippen molar-refractivity contribution >= 4 is 33.1 Å². The summed E-state index contributed by atoms with van der Waals surface area (Å²) in [6.45, 7) is 0.653. The summed E-state index contributed by atoms with van der Waals surface area (Å²) in [4.78, 5) is 38.6. The summed E-state index contributed by atoms with van der Waals surface area (Å²) in [7, 11) is 0. The van der Waals surface area contributed by atoms with E-state index < -0.39 is 17.2 Å². The molecule has 158 valence electrons. The number of anilines is 1. The Morgan fingerprint density at radius 1 is 1.06 bits per heavy atom. The van der Waals surface area contributed by atoms with Gasteiger partial charge in [-0.05, 0) is 35.7 Å². The average molecular weight is 439 g/mol. The molecule has 0 aliphatic carbocycles. The van der Waals surface area contributed by atoms with Gasteiger partial charge in [-0.25, -0.2) is 4.79 Å². The van der Waals surface area contributed by atoms with E-state index in [0.29, 0.717) is 46.4 Å². The highest BCUT2D eigenvalue weighted by Gasteiger charge is 2.18. The van der Waals surface area contributed by atoms with E-state index in [9.17, 15) is 14.4 Å². The lowest BCUT2D eigenvalue weighted by Crippen LogP contribution is -2.41. The number of carbonyl (C=O) groups is 1. The standard InChI is InChI=1S/C21H17N3O6S/c25-18(22-13-3-4-16-17(10-13)30-8-7-29-16)12-23-15-5-9-31-19(15)20(26)24(21(23)27)11-14-2-1-6-28-14/h1-6,9-10H,7-8,11-12H2,(H,22,25). The van der Waals surface area contributed by atoms with E-state index in [0.717, 1.165) is 4.57 Å². The summed E-state index contributed by atoms with van der Waals surface area (Å²) in [5, 5.41) is 4.49. The van der Waals surface area contributed by atoms with Gasteiger partial charge in [-0.3, -0.25) is 18.7 Å². The van der Waals surface area contributed by atoms with E-state index in [1.54, 1.807) is 41.8 Å². The number of carbonyl (C=O) groups excluding carboxylic acids is 1. The minimum atomic E-state index is -0.579. The smallest absolute Gasteiger partial charge is 0.332 e. The molecule has 4 heterocycles. The fourth-order valence-corrected chi connectivity index (χ4v) is 4.29. The lowest BCUT2D eigenvalue weighted by atomic mass is 10.2. The summed E-state index contributed by atoms with van der Waals surface area (Å²) in [5.74, 6) is 1.23. The number of nitrogens with zero attached hydrogens (tertiary/aromatic N) is 2. The third kappa shape index (κ3) is 3.61. The molecular formula is C21H17N3O6S. The SMILES string of the molecule is O=C(Cn1c(=O)n(Cc2ccco2)c(=O)c2sccc21)Nc1ccc2c(c1)OCCO2. The Morgan fingerprint density at radius 3 is 2.71 bits per heavy atom. The molecule has 0 bridgehead atoms. The number of hydrogen-bond acceptors (Lipinski definition) is 7. The van der Waals surface area contributed by atoms with Crippen molar-refractivity contribution in [1.82, 2.24) is 9.13 Å². The Labute approximate surface area is 179 Å². The van der Waals surface area contributed by atoms with Gasteiger partial charge in [0, 0.05) is 11.8 Å². The number of amides is 1. The van der Waals surface area contributed by atoms with Crippen LogP contribution in [0.25, 0.3) is 10.2 Å². The normalized spacial score (nSPS) is 12.8. The van der Waals surface area contributed by atoms with E-state index in [-0.39, 0.29) is 13.1 Å². The van der Waals surface area contributed by atoms with Gasteiger partial charge >= 0.3 is 5.69 Å². The number of rotatable bonds is 5. The van der Waals surface area contributed by atoms with Crippen LogP contribution in [-0.4, -0.2) is 28.3 Å². The molecule has 1 amide bonds. The third-order valence-corrected chi connectivity index (χ3v) is 5.75. The molecule has 5 rings (SSSR count). The van der Waals surface area contributed by atoms with Crippen LogP contribution in [0, 0.1) is 0 Å². The lowest BCUT2D eigenvalue weighted by Gasteiger charge is -2.19. The highest BCUT2D eigenvalue weighted by molar-refractivity contribution is 7.17. The molecule has 1 aliphatic heterocycles. The summed E-state index contributed by atoms with van der Waals surface area (Å²) < 4.78 is 19.1.